The average molecular weight is 350 g/mol. The first-order valence-corrected chi connectivity index (χ1v) is 8.15. The summed E-state index contributed by atoms with van der Waals surface area (Å²) in [5, 5.41) is 14.1. The molecule has 25 heavy (non-hydrogen) atoms. The summed E-state index contributed by atoms with van der Waals surface area (Å²) in [7, 11) is 0. The fourth-order valence-corrected chi connectivity index (χ4v) is 1.98. The zero-order valence-corrected chi connectivity index (χ0v) is 15.1. The number of carbonyl (C=O) groups is 3. The molecule has 0 aliphatic heterocycles. The van der Waals surface area contributed by atoms with Crippen LogP contribution in [0.15, 0.2) is 24.3 Å². The molecule has 1 aromatic rings. The van der Waals surface area contributed by atoms with E-state index in [4.69, 9.17) is 9.84 Å². The third-order valence-corrected chi connectivity index (χ3v) is 3.22. The number of ether oxygens (including phenoxy) is 1. The standard InChI is InChI=1S/C18H26N2O5/c1-12(16(22)23)11-13-5-7-14(8-6-13)20-15(21)9-10-19-17(24)25-18(2,3)4/h5-8,12H,9-11H2,1-4H3,(H,19,24)(H,20,21)(H,22,23). The van der Waals surface area contributed by atoms with Crippen LogP contribution in [0, 0.1) is 5.92 Å². The van der Waals surface area contributed by atoms with E-state index in [1.807, 2.05) is 0 Å². The molecule has 0 aliphatic rings. The predicted molar refractivity (Wildman–Crippen MR) is 94.4 cm³/mol. The van der Waals surface area contributed by atoms with E-state index in [1.54, 1.807) is 52.0 Å². The highest BCUT2D eigenvalue weighted by Gasteiger charge is 2.16. The van der Waals surface area contributed by atoms with Crippen LogP contribution >= 0.6 is 0 Å². The van der Waals surface area contributed by atoms with Gasteiger partial charge in [-0.25, -0.2) is 4.79 Å². The van der Waals surface area contributed by atoms with Crippen LogP contribution in [0.1, 0.15) is 39.7 Å². The molecule has 0 heterocycles. The van der Waals surface area contributed by atoms with Crippen LogP contribution in [0.2, 0.25) is 0 Å². The van der Waals surface area contributed by atoms with Crippen LogP contribution in [-0.4, -0.2) is 35.2 Å². The Morgan fingerprint density at radius 2 is 1.76 bits per heavy atom. The Labute approximate surface area is 147 Å². The molecular weight excluding hydrogens is 324 g/mol. The van der Waals surface area contributed by atoms with E-state index in [0.717, 1.165) is 5.56 Å². The summed E-state index contributed by atoms with van der Waals surface area (Å²) in [5.41, 5.74) is 0.931. The molecule has 0 saturated carbocycles. The number of carboxylic acids is 1. The van der Waals surface area contributed by atoms with Gasteiger partial charge in [0.05, 0.1) is 5.92 Å². The highest BCUT2D eigenvalue weighted by atomic mass is 16.6. The molecule has 0 aromatic heterocycles. The van der Waals surface area contributed by atoms with Crippen molar-refractivity contribution in [2.45, 2.75) is 46.1 Å². The smallest absolute Gasteiger partial charge is 0.407 e. The van der Waals surface area contributed by atoms with Crippen molar-refractivity contribution in [1.82, 2.24) is 5.32 Å². The van der Waals surface area contributed by atoms with Gasteiger partial charge in [0.1, 0.15) is 5.60 Å². The van der Waals surface area contributed by atoms with Crippen LogP contribution in [0.25, 0.3) is 0 Å². The van der Waals surface area contributed by atoms with Crippen molar-refractivity contribution in [1.29, 1.82) is 0 Å². The lowest BCUT2D eigenvalue weighted by atomic mass is 10.0. The van der Waals surface area contributed by atoms with Crippen molar-refractivity contribution >= 4 is 23.7 Å². The van der Waals surface area contributed by atoms with Gasteiger partial charge in [-0.3, -0.25) is 9.59 Å². The quantitative estimate of drug-likeness (QED) is 0.701. The van der Waals surface area contributed by atoms with Gasteiger partial charge in [0.15, 0.2) is 0 Å². The van der Waals surface area contributed by atoms with E-state index < -0.39 is 23.6 Å². The van der Waals surface area contributed by atoms with Crippen molar-refractivity contribution in [2.24, 2.45) is 5.92 Å². The van der Waals surface area contributed by atoms with Crippen molar-refractivity contribution in [3.05, 3.63) is 29.8 Å². The van der Waals surface area contributed by atoms with Gasteiger partial charge in [0.2, 0.25) is 5.91 Å². The number of rotatable bonds is 7. The predicted octanol–water partition coefficient (Wildman–Crippen LogP) is 2.80. The molecule has 1 rings (SSSR count). The molecule has 0 radical (unpaired) electrons. The Balaban J connectivity index is 2.37. The van der Waals surface area contributed by atoms with Crippen LogP contribution in [-0.2, 0) is 20.7 Å². The maximum Gasteiger partial charge on any atom is 0.407 e. The minimum absolute atomic E-state index is 0.122. The zero-order chi connectivity index (χ0) is 19.0. The minimum atomic E-state index is -0.838. The summed E-state index contributed by atoms with van der Waals surface area (Å²) in [6.07, 6.45) is -0.00218. The fourth-order valence-electron chi connectivity index (χ4n) is 1.98. The van der Waals surface area contributed by atoms with Crippen LogP contribution in [0.3, 0.4) is 0 Å². The molecule has 7 nitrogen and oxygen atoms in total. The van der Waals surface area contributed by atoms with Gasteiger partial charge in [-0.05, 0) is 44.9 Å². The van der Waals surface area contributed by atoms with Gasteiger partial charge < -0.3 is 20.5 Å². The number of aliphatic carboxylic acids is 1. The molecule has 7 heteroatoms. The second-order valence-electron chi connectivity index (χ2n) is 6.87. The van der Waals surface area contributed by atoms with Gasteiger partial charge in [0, 0.05) is 18.7 Å². The number of benzene rings is 1. The van der Waals surface area contributed by atoms with Crippen molar-refractivity contribution in [3.8, 4) is 0 Å². The Bertz CT molecular complexity index is 605. The molecule has 1 unspecified atom stereocenters. The lowest BCUT2D eigenvalue weighted by molar-refractivity contribution is -0.141. The maximum absolute atomic E-state index is 11.9. The first-order valence-electron chi connectivity index (χ1n) is 8.15. The number of hydrogen-bond donors (Lipinski definition) is 3. The van der Waals surface area contributed by atoms with E-state index in [2.05, 4.69) is 10.6 Å². The lowest BCUT2D eigenvalue weighted by Gasteiger charge is -2.19. The highest BCUT2D eigenvalue weighted by Crippen LogP contribution is 2.14. The molecule has 2 amide bonds. The monoisotopic (exact) mass is 350 g/mol. The minimum Gasteiger partial charge on any atom is -0.481 e. The van der Waals surface area contributed by atoms with Gasteiger partial charge in [-0.2, -0.15) is 0 Å². The third-order valence-electron chi connectivity index (χ3n) is 3.22. The van der Waals surface area contributed by atoms with Gasteiger partial charge in [0.25, 0.3) is 0 Å². The SMILES string of the molecule is CC(Cc1ccc(NC(=O)CCNC(=O)OC(C)(C)C)cc1)C(=O)O. The van der Waals surface area contributed by atoms with Gasteiger partial charge >= 0.3 is 12.1 Å². The number of nitrogens with one attached hydrogen (secondary N) is 2. The molecular formula is C18H26N2O5. The molecule has 0 saturated heterocycles. The van der Waals surface area contributed by atoms with Crippen molar-refractivity contribution < 1.29 is 24.2 Å². The molecule has 0 spiro atoms. The molecule has 0 fully saturated rings. The Hall–Kier alpha value is -2.57. The number of carbonyl (C=O) groups excluding carboxylic acids is 2. The first kappa shape index (κ1) is 20.5. The zero-order valence-electron chi connectivity index (χ0n) is 15.1. The first-order chi connectivity index (χ1) is 11.6. The van der Waals surface area contributed by atoms with E-state index >= 15 is 0 Å². The second-order valence-corrected chi connectivity index (χ2v) is 6.87. The molecule has 0 aliphatic carbocycles. The number of anilines is 1. The number of hydrogen-bond acceptors (Lipinski definition) is 4. The summed E-state index contributed by atoms with van der Waals surface area (Å²) in [5.74, 6) is -1.53. The molecule has 1 aromatic carbocycles. The van der Waals surface area contributed by atoms with Crippen LogP contribution in [0.4, 0.5) is 10.5 Å². The van der Waals surface area contributed by atoms with E-state index in [0.29, 0.717) is 12.1 Å². The number of amides is 2. The Morgan fingerprint density at radius 3 is 2.28 bits per heavy atom. The summed E-state index contributed by atoms with van der Waals surface area (Å²) in [6, 6.07) is 7.02. The largest absolute Gasteiger partial charge is 0.481 e. The Kier molecular flexibility index (Phi) is 7.42. The maximum atomic E-state index is 11.9. The lowest BCUT2D eigenvalue weighted by Crippen LogP contribution is -2.34. The van der Waals surface area contributed by atoms with Crippen LogP contribution < -0.4 is 10.6 Å². The summed E-state index contributed by atoms with van der Waals surface area (Å²) in [6.45, 7) is 7.12. The summed E-state index contributed by atoms with van der Waals surface area (Å²) < 4.78 is 5.08. The van der Waals surface area contributed by atoms with E-state index in [9.17, 15) is 14.4 Å². The average Bonchev–Trinajstić information content (AvgIpc) is 2.47. The van der Waals surface area contributed by atoms with Gasteiger partial charge in [-0.15, -0.1) is 0 Å². The molecule has 1 atom stereocenters. The topological polar surface area (TPSA) is 105 Å². The Morgan fingerprint density at radius 1 is 1.16 bits per heavy atom. The third kappa shape index (κ3) is 8.74. The second kappa shape index (κ2) is 9.05. The van der Waals surface area contributed by atoms with E-state index in [1.165, 1.54) is 0 Å². The molecule has 138 valence electrons. The van der Waals surface area contributed by atoms with Crippen LogP contribution in [0.5, 0.6) is 0 Å². The molecule has 0 bridgehead atoms. The molecule has 3 N–H and O–H groups in total. The summed E-state index contributed by atoms with van der Waals surface area (Å²) in [4.78, 5) is 34.2. The number of carboxylic acid groups (broad SMARTS) is 1. The highest BCUT2D eigenvalue weighted by molar-refractivity contribution is 5.91. The summed E-state index contributed by atoms with van der Waals surface area (Å²) >= 11 is 0. The number of alkyl carbamates (subject to hydrolysis) is 1. The van der Waals surface area contributed by atoms with E-state index in [-0.39, 0.29) is 18.9 Å². The fraction of sp³-hybridized carbons (Fsp3) is 0.500. The van der Waals surface area contributed by atoms with Crippen molar-refractivity contribution in [2.75, 3.05) is 11.9 Å². The van der Waals surface area contributed by atoms with Crippen molar-refractivity contribution in [3.63, 3.8) is 0 Å². The van der Waals surface area contributed by atoms with Gasteiger partial charge in [-0.1, -0.05) is 19.1 Å². The normalized spacial score (nSPS) is 12.2.